The highest BCUT2D eigenvalue weighted by Crippen LogP contribution is 2.11. The molecule has 0 spiro atoms. The Morgan fingerprint density at radius 1 is 1.28 bits per heavy atom. The van der Waals surface area contributed by atoms with E-state index in [2.05, 4.69) is 12.2 Å². The number of unbranched alkanes of at least 4 members (excludes halogenated alkanes) is 3. The van der Waals surface area contributed by atoms with Crippen LogP contribution in [0.2, 0.25) is 5.02 Å². The lowest BCUT2D eigenvalue weighted by Gasteiger charge is -2.07. The van der Waals surface area contributed by atoms with Crippen LogP contribution in [0.25, 0.3) is 0 Å². The molecule has 0 aliphatic heterocycles. The summed E-state index contributed by atoms with van der Waals surface area (Å²) in [7, 11) is 0. The molecule has 0 aliphatic carbocycles. The van der Waals surface area contributed by atoms with Gasteiger partial charge in [0.05, 0.1) is 0 Å². The van der Waals surface area contributed by atoms with Crippen LogP contribution in [0.1, 0.15) is 38.2 Å². The quantitative estimate of drug-likeness (QED) is 0.513. The Hall–Kier alpha value is -0.860. The lowest BCUT2D eigenvalue weighted by atomic mass is 10.1. The van der Waals surface area contributed by atoms with Gasteiger partial charge >= 0.3 is 0 Å². The third kappa shape index (κ3) is 6.77. The molecule has 0 aliphatic rings. The molecule has 0 bridgehead atoms. The van der Waals surface area contributed by atoms with E-state index in [0.717, 1.165) is 17.1 Å². The van der Waals surface area contributed by atoms with Gasteiger partial charge in [-0.15, -0.1) is 0 Å². The number of benzene rings is 1. The fourth-order valence-corrected chi connectivity index (χ4v) is 2.08. The lowest BCUT2D eigenvalue weighted by Crippen LogP contribution is -2.24. The maximum atomic E-state index is 7.91. The summed E-state index contributed by atoms with van der Waals surface area (Å²) in [5.74, 6) is 0. The Bertz CT molecular complexity index is 363. The Balaban J connectivity index is 2.14. The van der Waals surface area contributed by atoms with E-state index in [1.807, 2.05) is 24.3 Å². The zero-order valence-corrected chi connectivity index (χ0v) is 11.9. The van der Waals surface area contributed by atoms with Gasteiger partial charge in [-0.05, 0) is 30.7 Å². The minimum absolute atomic E-state index is 0.679. The molecule has 3 heteroatoms. The fourth-order valence-electron chi connectivity index (χ4n) is 1.87. The first-order valence-electron chi connectivity index (χ1n) is 6.74. The molecule has 0 amide bonds. The minimum Gasteiger partial charge on any atom is -0.311 e. The maximum absolute atomic E-state index is 7.91. The Labute approximate surface area is 115 Å². The number of halogens is 1. The highest BCUT2D eigenvalue weighted by molar-refractivity contribution is 6.30. The summed E-state index contributed by atoms with van der Waals surface area (Å²) in [6, 6.07) is 7.74. The molecule has 18 heavy (non-hydrogen) atoms. The Kier molecular flexibility index (Phi) is 7.70. The number of nitrogens with one attached hydrogen (secondary N) is 2. The van der Waals surface area contributed by atoms with Crippen molar-refractivity contribution in [2.45, 2.75) is 39.0 Å². The highest BCUT2D eigenvalue weighted by Gasteiger charge is 2.00. The zero-order chi connectivity index (χ0) is 13.2. The average molecular weight is 267 g/mol. The first-order chi connectivity index (χ1) is 8.72. The molecule has 0 unspecified atom stereocenters. The van der Waals surface area contributed by atoms with Crippen molar-refractivity contribution in [3.63, 3.8) is 0 Å². The van der Waals surface area contributed by atoms with Crippen molar-refractivity contribution >= 4 is 17.3 Å². The van der Waals surface area contributed by atoms with E-state index in [1.165, 1.54) is 25.7 Å². The van der Waals surface area contributed by atoms with E-state index in [0.29, 0.717) is 18.7 Å². The summed E-state index contributed by atoms with van der Waals surface area (Å²) >= 11 is 5.92. The topological polar surface area (TPSA) is 35.9 Å². The second-order valence-electron chi connectivity index (χ2n) is 4.65. The molecule has 0 radical (unpaired) electrons. The van der Waals surface area contributed by atoms with Crippen LogP contribution in [0.3, 0.4) is 0 Å². The lowest BCUT2D eigenvalue weighted by molar-refractivity contribution is 0.623. The average Bonchev–Trinajstić information content (AvgIpc) is 2.33. The molecule has 0 fully saturated rings. The van der Waals surface area contributed by atoms with Gasteiger partial charge in [0, 0.05) is 23.7 Å². The van der Waals surface area contributed by atoms with Gasteiger partial charge in [-0.2, -0.15) is 0 Å². The zero-order valence-electron chi connectivity index (χ0n) is 11.1. The van der Waals surface area contributed by atoms with E-state index in [4.69, 9.17) is 17.0 Å². The van der Waals surface area contributed by atoms with Crippen LogP contribution in [0.15, 0.2) is 24.3 Å². The summed E-state index contributed by atoms with van der Waals surface area (Å²) < 4.78 is 0. The third-order valence-corrected chi connectivity index (χ3v) is 3.09. The summed E-state index contributed by atoms with van der Waals surface area (Å²) in [6.07, 6.45) is 5.75. The largest absolute Gasteiger partial charge is 0.311 e. The van der Waals surface area contributed by atoms with Crippen LogP contribution in [0.4, 0.5) is 0 Å². The molecule has 2 nitrogen and oxygen atoms in total. The standard InChI is InChI=1S/C15H23ClN2/c1-2-3-4-5-9-18-12-15(17)11-13-7-6-8-14(16)10-13/h6-8,10,17-18H,2-5,9,11-12H2,1H3. The highest BCUT2D eigenvalue weighted by atomic mass is 35.5. The molecular formula is C15H23ClN2. The van der Waals surface area contributed by atoms with Crippen molar-refractivity contribution in [3.05, 3.63) is 34.9 Å². The molecule has 0 aromatic heterocycles. The summed E-state index contributed by atoms with van der Waals surface area (Å²) in [5, 5.41) is 12.0. The number of hydrogen-bond acceptors (Lipinski definition) is 2. The third-order valence-electron chi connectivity index (χ3n) is 2.85. The van der Waals surface area contributed by atoms with E-state index >= 15 is 0 Å². The number of rotatable bonds is 9. The van der Waals surface area contributed by atoms with Gasteiger partial charge in [-0.25, -0.2) is 0 Å². The molecule has 2 N–H and O–H groups in total. The predicted molar refractivity (Wildman–Crippen MR) is 79.9 cm³/mol. The second kappa shape index (κ2) is 9.12. The smallest absolute Gasteiger partial charge is 0.0408 e. The van der Waals surface area contributed by atoms with Gasteiger partial charge in [0.15, 0.2) is 0 Å². The molecule has 1 aromatic carbocycles. The van der Waals surface area contributed by atoms with Crippen LogP contribution < -0.4 is 5.32 Å². The first kappa shape index (κ1) is 15.2. The Morgan fingerprint density at radius 3 is 2.83 bits per heavy atom. The molecule has 1 aromatic rings. The molecule has 0 atom stereocenters. The second-order valence-corrected chi connectivity index (χ2v) is 5.08. The molecule has 0 saturated carbocycles. The molecular weight excluding hydrogens is 244 g/mol. The predicted octanol–water partition coefficient (Wildman–Crippen LogP) is 4.07. The van der Waals surface area contributed by atoms with Gasteiger partial charge in [-0.3, -0.25) is 0 Å². The van der Waals surface area contributed by atoms with Gasteiger partial charge in [0.1, 0.15) is 0 Å². The first-order valence-corrected chi connectivity index (χ1v) is 7.11. The summed E-state index contributed by atoms with van der Waals surface area (Å²) in [6.45, 7) is 3.91. The Morgan fingerprint density at radius 2 is 2.11 bits per heavy atom. The molecule has 0 saturated heterocycles. The molecule has 1 rings (SSSR count). The SMILES string of the molecule is CCCCCCNCC(=N)Cc1cccc(Cl)c1. The summed E-state index contributed by atoms with van der Waals surface area (Å²) in [5.41, 5.74) is 1.83. The van der Waals surface area contributed by atoms with Crippen LogP contribution in [0.5, 0.6) is 0 Å². The fraction of sp³-hybridized carbons (Fsp3) is 0.533. The monoisotopic (exact) mass is 266 g/mol. The van der Waals surface area contributed by atoms with Crippen molar-refractivity contribution < 1.29 is 0 Å². The van der Waals surface area contributed by atoms with Crippen LogP contribution in [0, 0.1) is 5.41 Å². The van der Waals surface area contributed by atoms with Crippen molar-refractivity contribution in [1.29, 1.82) is 5.41 Å². The van der Waals surface area contributed by atoms with Crippen molar-refractivity contribution in [2.24, 2.45) is 0 Å². The van der Waals surface area contributed by atoms with Gasteiger partial charge in [0.25, 0.3) is 0 Å². The minimum atomic E-state index is 0.679. The molecule has 0 heterocycles. The van der Waals surface area contributed by atoms with E-state index in [1.54, 1.807) is 0 Å². The van der Waals surface area contributed by atoms with Crippen LogP contribution in [-0.2, 0) is 6.42 Å². The van der Waals surface area contributed by atoms with Gasteiger partial charge < -0.3 is 10.7 Å². The van der Waals surface area contributed by atoms with E-state index in [-0.39, 0.29) is 0 Å². The normalized spacial score (nSPS) is 10.6. The van der Waals surface area contributed by atoms with Crippen molar-refractivity contribution in [2.75, 3.05) is 13.1 Å². The molecule has 100 valence electrons. The van der Waals surface area contributed by atoms with Crippen LogP contribution in [-0.4, -0.2) is 18.8 Å². The van der Waals surface area contributed by atoms with Crippen LogP contribution >= 0.6 is 11.6 Å². The maximum Gasteiger partial charge on any atom is 0.0408 e. The van der Waals surface area contributed by atoms with E-state index < -0.39 is 0 Å². The van der Waals surface area contributed by atoms with Gasteiger partial charge in [0.2, 0.25) is 0 Å². The van der Waals surface area contributed by atoms with E-state index in [9.17, 15) is 0 Å². The van der Waals surface area contributed by atoms with Crippen molar-refractivity contribution in [3.8, 4) is 0 Å². The van der Waals surface area contributed by atoms with Gasteiger partial charge in [-0.1, -0.05) is 49.9 Å². The number of hydrogen-bond donors (Lipinski definition) is 2. The van der Waals surface area contributed by atoms with Crippen molar-refractivity contribution in [1.82, 2.24) is 5.32 Å². The summed E-state index contributed by atoms with van der Waals surface area (Å²) in [4.78, 5) is 0.